The van der Waals surface area contributed by atoms with Crippen LogP contribution in [0.15, 0.2) is 248 Å². The zero-order valence-electron chi connectivity index (χ0n) is 48.3. The second-order valence-electron chi connectivity index (χ2n) is 13.6. The van der Waals surface area contributed by atoms with Gasteiger partial charge in [-0.25, -0.2) is 0 Å². The summed E-state index contributed by atoms with van der Waals surface area (Å²) < 4.78 is 157. The van der Waals surface area contributed by atoms with E-state index >= 15 is 0 Å². The number of fused-ring (bicyclic) bond motifs is 1. The Bertz CT molecular complexity index is 3910. The first-order valence-electron chi connectivity index (χ1n) is 27.4. The van der Waals surface area contributed by atoms with Crippen molar-refractivity contribution in [2.45, 2.75) is 0 Å². The van der Waals surface area contributed by atoms with Crippen molar-refractivity contribution in [2.24, 2.45) is 0 Å². The van der Waals surface area contributed by atoms with E-state index in [4.69, 9.17) is 6.85 Å². The molecule has 278 valence electrons. The third-order valence-electron chi connectivity index (χ3n) is 9.99. The summed E-state index contributed by atoms with van der Waals surface area (Å²) >= 11 is 0. The van der Waals surface area contributed by atoms with E-state index < -0.39 is 131 Å². The van der Waals surface area contributed by atoms with Crippen molar-refractivity contribution in [1.82, 2.24) is 0 Å². The smallest absolute Gasteiger partial charge is 0.0645 e. The van der Waals surface area contributed by atoms with Crippen molar-refractivity contribution >= 4 is 27.8 Å². The molecule has 0 amide bonds. The molecule has 0 saturated carbocycles. The Morgan fingerprint density at radius 1 is 0.271 bits per heavy atom. The molecule has 10 aromatic rings. The summed E-state index contributed by atoms with van der Waals surface area (Å²) in [6.07, 6.45) is 0. The van der Waals surface area contributed by atoms with Gasteiger partial charge >= 0.3 is 0 Å². The second-order valence-corrected chi connectivity index (χ2v) is 13.6. The van der Waals surface area contributed by atoms with E-state index in [1.54, 1.807) is 30.3 Å². The highest BCUT2D eigenvalue weighted by molar-refractivity contribution is 5.97. The fraction of sp³-hybridized carbons (Fsp3) is 0. The van der Waals surface area contributed by atoms with Crippen LogP contribution in [0.1, 0.15) is 23.3 Å². The minimum Gasteiger partial charge on any atom is -0.311 e. The molecule has 0 aliphatic carbocycles. The van der Waals surface area contributed by atoms with Gasteiger partial charge in [-0.2, -0.15) is 0 Å². The summed E-state index contributed by atoms with van der Waals surface area (Å²) in [7, 11) is 0. The second kappa shape index (κ2) is 16.0. The molecule has 0 spiro atoms. The highest BCUT2D eigenvalue weighted by Crippen LogP contribution is 2.40. The molecule has 0 saturated heterocycles. The molecule has 59 heavy (non-hydrogen) atoms. The standard InChI is InChI=1S/C58H41N/c1-4-14-42(15-5-1)43-26-33-52(34-27-43)59(53-35-28-44(29-36-53)49-22-12-23-51(40-49)56-25-13-21-47-20-10-11-24-55(47)56)54-37-30-45(31-38-54)50-32-39-57(46-16-6-2-7-17-46)58(41-50)48-18-8-3-9-19-48/h1-41H/i1D,4D,5D,14D,15D,26D,27D,28D,29D,30D,31D,33D,34D,35D,36D,37D,38D. The number of nitrogens with zero attached hydrogens (tertiary/aromatic N) is 1. The van der Waals surface area contributed by atoms with Crippen molar-refractivity contribution in [3.63, 3.8) is 0 Å². The lowest BCUT2D eigenvalue weighted by Crippen LogP contribution is -2.09. The van der Waals surface area contributed by atoms with E-state index in [0.717, 1.165) is 33.0 Å². The normalized spacial score (nSPS) is 15.1. The molecule has 0 bridgehead atoms. The minimum absolute atomic E-state index is 0.153. The zero-order chi connectivity index (χ0) is 54.2. The van der Waals surface area contributed by atoms with Crippen LogP contribution in [0.2, 0.25) is 0 Å². The van der Waals surface area contributed by atoms with Crippen molar-refractivity contribution in [3.05, 3.63) is 248 Å². The van der Waals surface area contributed by atoms with Crippen LogP contribution in [0.4, 0.5) is 17.1 Å². The molecule has 0 N–H and O–H groups in total. The van der Waals surface area contributed by atoms with Crippen LogP contribution in [-0.4, -0.2) is 0 Å². The van der Waals surface area contributed by atoms with E-state index in [1.165, 1.54) is 0 Å². The molecule has 1 nitrogen and oxygen atoms in total. The summed E-state index contributed by atoms with van der Waals surface area (Å²) in [5.74, 6) is 0. The van der Waals surface area contributed by atoms with Crippen LogP contribution in [0, 0.1) is 0 Å². The predicted molar refractivity (Wildman–Crippen MR) is 251 cm³/mol. The molecule has 0 radical (unpaired) electrons. The molecule has 0 heterocycles. The maximum absolute atomic E-state index is 9.71. The van der Waals surface area contributed by atoms with Crippen molar-refractivity contribution in [3.8, 4) is 66.8 Å². The molecular weight excluding hydrogens is 711 g/mol. The highest BCUT2D eigenvalue weighted by Gasteiger charge is 2.15. The van der Waals surface area contributed by atoms with Gasteiger partial charge in [-0.3, -0.25) is 0 Å². The lowest BCUT2D eigenvalue weighted by atomic mass is 9.91. The van der Waals surface area contributed by atoms with Gasteiger partial charge in [-0.15, -0.1) is 0 Å². The Hall–Kier alpha value is -7.74. The summed E-state index contributed by atoms with van der Waals surface area (Å²) in [4.78, 5) is 0.682. The van der Waals surface area contributed by atoms with Gasteiger partial charge < -0.3 is 4.90 Å². The molecular formula is C58H41N. The average molecular weight is 769 g/mol. The number of benzene rings is 10. The first-order valence-corrected chi connectivity index (χ1v) is 18.9. The van der Waals surface area contributed by atoms with Crippen LogP contribution >= 0.6 is 0 Å². The van der Waals surface area contributed by atoms with Gasteiger partial charge in [-0.1, -0.05) is 200 Å². The quantitative estimate of drug-likeness (QED) is 0.141. The van der Waals surface area contributed by atoms with Crippen molar-refractivity contribution in [2.75, 3.05) is 4.90 Å². The average Bonchev–Trinajstić information content (AvgIpc) is 3.44. The summed E-state index contributed by atoms with van der Waals surface area (Å²) in [6, 6.07) is 30.9. The van der Waals surface area contributed by atoms with Gasteiger partial charge in [0, 0.05) is 17.1 Å². The first-order chi connectivity index (χ1) is 36.3. The minimum atomic E-state index is -0.989. The van der Waals surface area contributed by atoms with Gasteiger partial charge in [0.1, 0.15) is 0 Å². The monoisotopic (exact) mass is 768 g/mol. The highest BCUT2D eigenvalue weighted by atomic mass is 15.1. The van der Waals surface area contributed by atoms with E-state index in [2.05, 4.69) is 0 Å². The number of anilines is 3. The summed E-state index contributed by atoms with van der Waals surface area (Å²) in [5, 5.41) is 1.90. The molecule has 0 atom stereocenters. The fourth-order valence-electron chi connectivity index (χ4n) is 7.12. The van der Waals surface area contributed by atoms with Gasteiger partial charge in [-0.05, 0) is 126 Å². The zero-order valence-corrected chi connectivity index (χ0v) is 31.3. The fourth-order valence-corrected chi connectivity index (χ4v) is 7.12. The first kappa shape index (κ1) is 21.7. The van der Waals surface area contributed by atoms with E-state index in [9.17, 15) is 16.4 Å². The van der Waals surface area contributed by atoms with Gasteiger partial charge in [0.15, 0.2) is 0 Å². The predicted octanol–water partition coefficient (Wildman–Crippen LogP) is 16.3. The maximum atomic E-state index is 9.71. The van der Waals surface area contributed by atoms with Crippen LogP contribution in [0.25, 0.3) is 77.5 Å². The lowest BCUT2D eigenvalue weighted by Gasteiger charge is -2.26. The van der Waals surface area contributed by atoms with E-state index in [1.807, 2.05) is 115 Å². The van der Waals surface area contributed by atoms with Gasteiger partial charge in [0.2, 0.25) is 0 Å². The Morgan fingerprint density at radius 2 is 0.729 bits per heavy atom. The molecule has 0 aliphatic heterocycles. The Kier molecular flexibility index (Phi) is 5.89. The number of hydrogen-bond donors (Lipinski definition) is 0. The molecule has 10 rings (SSSR count). The van der Waals surface area contributed by atoms with Gasteiger partial charge in [0.25, 0.3) is 0 Å². The van der Waals surface area contributed by atoms with E-state index in [0.29, 0.717) is 16.0 Å². The molecule has 0 aromatic heterocycles. The number of rotatable bonds is 9. The topological polar surface area (TPSA) is 3.24 Å². The largest absolute Gasteiger partial charge is 0.311 e. The van der Waals surface area contributed by atoms with Crippen LogP contribution in [0.5, 0.6) is 0 Å². The Morgan fingerprint density at radius 3 is 1.36 bits per heavy atom. The Balaban J connectivity index is 1.24. The SMILES string of the molecule is [2H]c1c([2H])c([2H])c(-c2c([2H])c([2H])c(N(c3c([2H])c([2H])c(-c4cccc(-c5cccc6ccccc56)c4)c([2H])c3[2H])c3c([2H])c([2H])c(-c4ccc(-c5ccccc5)c(-c5ccccc5)c4)c([2H])c3[2H])c([2H])c2[2H])c([2H])c1[2H]. The summed E-state index contributed by atoms with van der Waals surface area (Å²) in [6.45, 7) is 0. The molecule has 10 aromatic carbocycles. The van der Waals surface area contributed by atoms with Crippen molar-refractivity contribution < 1.29 is 23.3 Å². The van der Waals surface area contributed by atoms with Crippen molar-refractivity contribution in [1.29, 1.82) is 0 Å². The lowest BCUT2D eigenvalue weighted by molar-refractivity contribution is 1.28. The third kappa shape index (κ3) is 7.34. The Labute approximate surface area is 370 Å². The molecule has 1 heteroatoms. The van der Waals surface area contributed by atoms with E-state index in [-0.39, 0.29) is 22.3 Å². The van der Waals surface area contributed by atoms with Crippen LogP contribution in [-0.2, 0) is 0 Å². The molecule has 0 aliphatic rings. The maximum Gasteiger partial charge on any atom is 0.0645 e. The third-order valence-corrected chi connectivity index (χ3v) is 9.99. The van der Waals surface area contributed by atoms with Gasteiger partial charge in [0.05, 0.1) is 23.3 Å². The van der Waals surface area contributed by atoms with Crippen LogP contribution in [0.3, 0.4) is 0 Å². The van der Waals surface area contributed by atoms with Crippen LogP contribution < -0.4 is 4.90 Å². The number of hydrogen-bond acceptors (Lipinski definition) is 1. The summed E-state index contributed by atoms with van der Waals surface area (Å²) in [5.41, 5.74) is 1.32. The molecule has 0 fully saturated rings. The molecule has 0 unspecified atom stereocenters.